The van der Waals surface area contributed by atoms with Crippen LogP contribution in [0.15, 0.2) is 54.7 Å². The first kappa shape index (κ1) is 19.3. The number of carbonyl (C=O) groups excluding carboxylic acids is 1. The standard InChI is InChI=1S/C20H19Cl2N3O2/c1-2-25-17(9-10-24-25)12-23-20(26)15-5-3-14(4-6-15)13-27-19-8-7-16(21)11-18(19)22/h3-11H,2,12-13H2,1H3,(H,23,26). The number of amides is 1. The van der Waals surface area contributed by atoms with Gasteiger partial charge in [0.15, 0.2) is 0 Å². The van der Waals surface area contributed by atoms with Crippen LogP contribution in [0.4, 0.5) is 0 Å². The van der Waals surface area contributed by atoms with Crippen molar-refractivity contribution in [2.75, 3.05) is 0 Å². The minimum atomic E-state index is -0.132. The number of benzene rings is 2. The van der Waals surface area contributed by atoms with Gasteiger partial charge in [-0.3, -0.25) is 9.48 Å². The van der Waals surface area contributed by atoms with E-state index in [1.807, 2.05) is 29.8 Å². The molecule has 140 valence electrons. The quantitative estimate of drug-likeness (QED) is 0.620. The van der Waals surface area contributed by atoms with Crippen LogP contribution in [0.1, 0.15) is 28.5 Å². The molecule has 0 bridgehead atoms. The average molecular weight is 404 g/mol. The Hall–Kier alpha value is -2.50. The summed E-state index contributed by atoms with van der Waals surface area (Å²) in [7, 11) is 0. The first-order chi connectivity index (χ1) is 13.1. The predicted octanol–water partition coefficient (Wildman–Crippen LogP) is 4.72. The Kier molecular flexibility index (Phi) is 6.37. The highest BCUT2D eigenvalue weighted by molar-refractivity contribution is 6.35. The zero-order valence-corrected chi connectivity index (χ0v) is 16.3. The van der Waals surface area contributed by atoms with Gasteiger partial charge in [0.1, 0.15) is 12.4 Å². The Labute approximate surface area is 167 Å². The molecule has 0 aliphatic rings. The third-order valence-corrected chi connectivity index (χ3v) is 4.57. The van der Waals surface area contributed by atoms with Crippen molar-refractivity contribution < 1.29 is 9.53 Å². The molecule has 0 spiro atoms. The number of aromatic nitrogens is 2. The molecule has 0 atom stereocenters. The number of nitrogens with one attached hydrogen (secondary N) is 1. The lowest BCUT2D eigenvalue weighted by Gasteiger charge is -2.10. The lowest BCUT2D eigenvalue weighted by molar-refractivity contribution is 0.0950. The zero-order valence-electron chi connectivity index (χ0n) is 14.8. The van der Waals surface area contributed by atoms with E-state index in [2.05, 4.69) is 10.4 Å². The Morgan fingerprint density at radius 1 is 1.15 bits per heavy atom. The fraction of sp³-hybridized carbons (Fsp3) is 0.200. The summed E-state index contributed by atoms with van der Waals surface area (Å²) >= 11 is 12.0. The smallest absolute Gasteiger partial charge is 0.251 e. The van der Waals surface area contributed by atoms with Crippen LogP contribution in [0.5, 0.6) is 5.75 Å². The van der Waals surface area contributed by atoms with Gasteiger partial charge in [0.2, 0.25) is 0 Å². The monoisotopic (exact) mass is 403 g/mol. The summed E-state index contributed by atoms with van der Waals surface area (Å²) in [5, 5.41) is 8.12. The van der Waals surface area contributed by atoms with Crippen LogP contribution in [0, 0.1) is 0 Å². The van der Waals surface area contributed by atoms with Gasteiger partial charge in [0, 0.05) is 23.3 Å². The van der Waals surface area contributed by atoms with Gasteiger partial charge in [0.25, 0.3) is 5.91 Å². The second-order valence-corrected chi connectivity index (χ2v) is 6.72. The van der Waals surface area contributed by atoms with Gasteiger partial charge < -0.3 is 10.1 Å². The third-order valence-electron chi connectivity index (χ3n) is 4.04. The van der Waals surface area contributed by atoms with E-state index < -0.39 is 0 Å². The number of hydrogen-bond donors (Lipinski definition) is 1. The first-order valence-electron chi connectivity index (χ1n) is 8.52. The van der Waals surface area contributed by atoms with Crippen molar-refractivity contribution in [2.24, 2.45) is 0 Å². The molecule has 3 rings (SSSR count). The molecule has 2 aromatic carbocycles. The second-order valence-electron chi connectivity index (χ2n) is 5.88. The summed E-state index contributed by atoms with van der Waals surface area (Å²) < 4.78 is 7.55. The summed E-state index contributed by atoms with van der Waals surface area (Å²) in [6, 6.07) is 14.2. The number of rotatable bonds is 7. The molecule has 1 N–H and O–H groups in total. The molecular formula is C20H19Cl2N3O2. The van der Waals surface area contributed by atoms with Gasteiger partial charge in [-0.2, -0.15) is 5.10 Å². The van der Waals surface area contributed by atoms with Crippen molar-refractivity contribution in [1.29, 1.82) is 0 Å². The molecule has 5 nitrogen and oxygen atoms in total. The molecule has 0 aliphatic heterocycles. The molecule has 1 aromatic heterocycles. The zero-order chi connectivity index (χ0) is 19.2. The molecule has 27 heavy (non-hydrogen) atoms. The van der Waals surface area contributed by atoms with Gasteiger partial charge in [-0.05, 0) is 48.9 Å². The van der Waals surface area contributed by atoms with Crippen molar-refractivity contribution in [3.63, 3.8) is 0 Å². The van der Waals surface area contributed by atoms with Gasteiger partial charge in [0.05, 0.1) is 17.3 Å². The van der Waals surface area contributed by atoms with Crippen LogP contribution in [0.25, 0.3) is 0 Å². The van der Waals surface area contributed by atoms with Gasteiger partial charge >= 0.3 is 0 Å². The van der Waals surface area contributed by atoms with E-state index in [9.17, 15) is 4.79 Å². The van der Waals surface area contributed by atoms with Gasteiger partial charge in [-0.25, -0.2) is 0 Å². The SMILES string of the molecule is CCn1nccc1CNC(=O)c1ccc(COc2ccc(Cl)cc2Cl)cc1. The van der Waals surface area contributed by atoms with E-state index in [-0.39, 0.29) is 5.91 Å². The summed E-state index contributed by atoms with van der Waals surface area (Å²) in [4.78, 5) is 12.3. The van der Waals surface area contributed by atoms with E-state index in [0.717, 1.165) is 17.8 Å². The van der Waals surface area contributed by atoms with Crippen LogP contribution in [-0.4, -0.2) is 15.7 Å². The van der Waals surface area contributed by atoms with Crippen molar-refractivity contribution in [2.45, 2.75) is 26.6 Å². The minimum Gasteiger partial charge on any atom is -0.487 e. The highest BCUT2D eigenvalue weighted by Crippen LogP contribution is 2.28. The second kappa shape index (κ2) is 8.93. The van der Waals surface area contributed by atoms with Crippen LogP contribution in [0.2, 0.25) is 10.0 Å². The highest BCUT2D eigenvalue weighted by Gasteiger charge is 2.08. The lowest BCUT2D eigenvalue weighted by atomic mass is 10.1. The molecule has 3 aromatic rings. The van der Waals surface area contributed by atoms with E-state index in [1.54, 1.807) is 36.5 Å². The Morgan fingerprint density at radius 2 is 1.93 bits per heavy atom. The molecule has 0 saturated heterocycles. The number of hydrogen-bond acceptors (Lipinski definition) is 3. The Balaban J connectivity index is 1.55. The maximum atomic E-state index is 12.3. The number of carbonyl (C=O) groups is 1. The Bertz CT molecular complexity index is 923. The molecule has 0 radical (unpaired) electrons. The van der Waals surface area contributed by atoms with Gasteiger partial charge in [-0.1, -0.05) is 35.3 Å². The average Bonchev–Trinajstić information content (AvgIpc) is 3.13. The topological polar surface area (TPSA) is 56.2 Å². The maximum Gasteiger partial charge on any atom is 0.251 e. The van der Waals surface area contributed by atoms with Crippen LogP contribution in [-0.2, 0) is 19.7 Å². The summed E-state index contributed by atoms with van der Waals surface area (Å²) in [6.45, 7) is 3.56. The van der Waals surface area contributed by atoms with Crippen molar-refractivity contribution in [3.05, 3.63) is 81.6 Å². The fourth-order valence-corrected chi connectivity index (χ4v) is 3.04. The lowest BCUT2D eigenvalue weighted by Crippen LogP contribution is -2.24. The van der Waals surface area contributed by atoms with Crippen molar-refractivity contribution in [1.82, 2.24) is 15.1 Å². The minimum absolute atomic E-state index is 0.132. The Morgan fingerprint density at radius 3 is 2.63 bits per heavy atom. The molecule has 0 unspecified atom stereocenters. The largest absolute Gasteiger partial charge is 0.487 e. The fourth-order valence-electron chi connectivity index (χ4n) is 2.57. The van der Waals surface area contributed by atoms with E-state index in [0.29, 0.717) is 34.5 Å². The third kappa shape index (κ3) is 5.02. The molecule has 0 saturated carbocycles. The molecule has 0 aliphatic carbocycles. The van der Waals surface area contributed by atoms with Crippen molar-refractivity contribution >= 4 is 29.1 Å². The summed E-state index contributed by atoms with van der Waals surface area (Å²) in [5.74, 6) is 0.433. The summed E-state index contributed by atoms with van der Waals surface area (Å²) in [6.07, 6.45) is 1.73. The number of aryl methyl sites for hydroxylation is 1. The predicted molar refractivity (Wildman–Crippen MR) is 106 cm³/mol. The molecular weight excluding hydrogens is 385 g/mol. The van der Waals surface area contributed by atoms with E-state index >= 15 is 0 Å². The number of nitrogens with zero attached hydrogens (tertiary/aromatic N) is 2. The van der Waals surface area contributed by atoms with Crippen LogP contribution < -0.4 is 10.1 Å². The van der Waals surface area contributed by atoms with Crippen molar-refractivity contribution in [3.8, 4) is 5.75 Å². The molecule has 0 fully saturated rings. The molecule has 1 amide bonds. The number of halogens is 2. The molecule has 7 heteroatoms. The summed E-state index contributed by atoms with van der Waals surface area (Å²) in [5.41, 5.74) is 2.49. The number of ether oxygens (including phenoxy) is 1. The normalized spacial score (nSPS) is 10.6. The van der Waals surface area contributed by atoms with Gasteiger partial charge in [-0.15, -0.1) is 0 Å². The van der Waals surface area contributed by atoms with E-state index in [1.165, 1.54) is 0 Å². The van der Waals surface area contributed by atoms with Crippen LogP contribution in [0.3, 0.4) is 0 Å². The maximum absolute atomic E-state index is 12.3. The highest BCUT2D eigenvalue weighted by atomic mass is 35.5. The molecule has 1 heterocycles. The van der Waals surface area contributed by atoms with Crippen LogP contribution >= 0.6 is 23.2 Å². The van der Waals surface area contributed by atoms with E-state index in [4.69, 9.17) is 27.9 Å². The first-order valence-corrected chi connectivity index (χ1v) is 9.28.